The van der Waals surface area contributed by atoms with Crippen molar-refractivity contribution in [2.24, 2.45) is 10.9 Å². The fourth-order valence-electron chi connectivity index (χ4n) is 4.01. The molecule has 4 rings (SSSR count). The van der Waals surface area contributed by atoms with Crippen molar-refractivity contribution in [1.82, 2.24) is 8.87 Å². The van der Waals surface area contributed by atoms with Gasteiger partial charge in [-0.05, 0) is 51.0 Å². The minimum atomic E-state index is -3.55. The number of carbonyl (C=O) groups excluding carboxylic acids is 1. The lowest BCUT2D eigenvalue weighted by Crippen LogP contribution is -2.40. The zero-order valence-electron chi connectivity index (χ0n) is 18.9. The summed E-state index contributed by atoms with van der Waals surface area (Å²) in [5.74, 6) is -0.459. The van der Waals surface area contributed by atoms with E-state index in [1.54, 1.807) is 24.3 Å². The number of thiazole rings is 1. The molecule has 0 unspecified atom stereocenters. The van der Waals surface area contributed by atoms with Crippen LogP contribution in [0.3, 0.4) is 0 Å². The van der Waals surface area contributed by atoms with Gasteiger partial charge in [0.25, 0.3) is 5.91 Å². The molecule has 0 atom stereocenters. The Kier molecular flexibility index (Phi) is 7.43. The third-order valence-electron chi connectivity index (χ3n) is 5.92. The molecule has 2 aromatic carbocycles. The summed E-state index contributed by atoms with van der Waals surface area (Å²) in [6, 6.07) is 14.9. The third kappa shape index (κ3) is 5.27. The predicted molar refractivity (Wildman–Crippen MR) is 130 cm³/mol. The lowest BCUT2D eigenvalue weighted by atomic mass is 9.98. The van der Waals surface area contributed by atoms with E-state index in [-0.39, 0.29) is 11.8 Å². The van der Waals surface area contributed by atoms with E-state index in [2.05, 4.69) is 4.99 Å². The Morgan fingerprint density at radius 3 is 2.52 bits per heavy atom. The standard InChI is InChI=1S/C24H29N3O4S2/c1-3-31-17-16-27-21-6-4-5-7-22(21)32-24(27)25-23(28)19-12-14-26(15-13-19)33(29,30)20-10-8-18(2)9-11-20/h4-11,19H,3,12-17H2,1-2H3. The van der Waals surface area contributed by atoms with Crippen LogP contribution in [0, 0.1) is 12.8 Å². The highest BCUT2D eigenvalue weighted by molar-refractivity contribution is 7.89. The molecule has 7 nitrogen and oxygen atoms in total. The molecule has 176 valence electrons. The Bertz CT molecular complexity index is 1290. The fourth-order valence-corrected chi connectivity index (χ4v) is 6.54. The minimum Gasteiger partial charge on any atom is -0.380 e. The summed E-state index contributed by atoms with van der Waals surface area (Å²) < 4.78 is 36.0. The monoisotopic (exact) mass is 487 g/mol. The van der Waals surface area contributed by atoms with E-state index in [1.807, 2.05) is 42.7 Å². The smallest absolute Gasteiger partial charge is 0.251 e. The van der Waals surface area contributed by atoms with Gasteiger partial charge in [-0.15, -0.1) is 0 Å². The summed E-state index contributed by atoms with van der Waals surface area (Å²) in [5, 5.41) is 0. The molecule has 33 heavy (non-hydrogen) atoms. The van der Waals surface area contributed by atoms with Crippen LogP contribution < -0.4 is 4.80 Å². The molecular formula is C24H29N3O4S2. The molecule has 0 N–H and O–H groups in total. The second-order valence-electron chi connectivity index (χ2n) is 8.14. The van der Waals surface area contributed by atoms with Gasteiger partial charge in [-0.2, -0.15) is 9.30 Å². The number of rotatable bonds is 7. The van der Waals surface area contributed by atoms with Gasteiger partial charge in [-0.3, -0.25) is 4.79 Å². The zero-order valence-corrected chi connectivity index (χ0v) is 20.6. The number of benzene rings is 2. The molecule has 0 radical (unpaired) electrons. The molecule has 1 aliphatic rings. The second-order valence-corrected chi connectivity index (χ2v) is 11.1. The Hall–Kier alpha value is -2.33. The number of hydrogen-bond donors (Lipinski definition) is 0. The maximum atomic E-state index is 13.0. The molecule has 0 bridgehead atoms. The topological polar surface area (TPSA) is 81.0 Å². The molecule has 1 aliphatic heterocycles. The third-order valence-corrected chi connectivity index (χ3v) is 8.89. The van der Waals surface area contributed by atoms with Gasteiger partial charge in [0, 0.05) is 32.2 Å². The number of nitrogens with zero attached hydrogens (tertiary/aromatic N) is 3. The van der Waals surface area contributed by atoms with Gasteiger partial charge >= 0.3 is 0 Å². The number of carbonyl (C=O) groups is 1. The van der Waals surface area contributed by atoms with Gasteiger partial charge in [0.2, 0.25) is 10.0 Å². The molecule has 9 heteroatoms. The number of aromatic nitrogens is 1. The van der Waals surface area contributed by atoms with Gasteiger partial charge < -0.3 is 9.30 Å². The molecule has 3 aromatic rings. The first kappa shape index (κ1) is 23.8. The first-order chi connectivity index (χ1) is 15.9. The highest BCUT2D eigenvalue weighted by atomic mass is 32.2. The van der Waals surface area contributed by atoms with Crippen molar-refractivity contribution in [2.75, 3.05) is 26.3 Å². The van der Waals surface area contributed by atoms with Gasteiger partial charge in [0.05, 0.1) is 21.7 Å². The van der Waals surface area contributed by atoms with E-state index in [9.17, 15) is 13.2 Å². The summed E-state index contributed by atoms with van der Waals surface area (Å²) in [7, 11) is -3.55. The SMILES string of the molecule is CCOCCn1c(=NC(=O)C2CCN(S(=O)(=O)c3ccc(C)cc3)CC2)sc2ccccc21. The van der Waals surface area contributed by atoms with Crippen LogP contribution in [0.5, 0.6) is 0 Å². The number of aryl methyl sites for hydroxylation is 1. The van der Waals surface area contributed by atoms with Crippen LogP contribution in [0.25, 0.3) is 10.2 Å². The summed E-state index contributed by atoms with van der Waals surface area (Å²) in [5.41, 5.74) is 2.05. The lowest BCUT2D eigenvalue weighted by molar-refractivity contribution is -0.122. The number of hydrogen-bond acceptors (Lipinski definition) is 5. The zero-order chi connectivity index (χ0) is 23.4. The highest BCUT2D eigenvalue weighted by Crippen LogP contribution is 2.25. The molecule has 2 heterocycles. The first-order valence-corrected chi connectivity index (χ1v) is 13.5. The molecule has 1 fully saturated rings. The van der Waals surface area contributed by atoms with E-state index >= 15 is 0 Å². The van der Waals surface area contributed by atoms with Crippen LogP contribution in [-0.2, 0) is 26.1 Å². The molecule has 1 aromatic heterocycles. The number of amides is 1. The maximum Gasteiger partial charge on any atom is 0.251 e. The van der Waals surface area contributed by atoms with Crippen molar-refractivity contribution < 1.29 is 17.9 Å². The van der Waals surface area contributed by atoms with Gasteiger partial charge in [0.1, 0.15) is 0 Å². The Morgan fingerprint density at radius 1 is 1.12 bits per heavy atom. The van der Waals surface area contributed by atoms with Crippen LogP contribution >= 0.6 is 11.3 Å². The molecule has 0 spiro atoms. The van der Waals surface area contributed by atoms with E-state index in [0.717, 1.165) is 15.8 Å². The van der Waals surface area contributed by atoms with Crippen molar-refractivity contribution in [2.45, 2.75) is 38.1 Å². The van der Waals surface area contributed by atoms with Crippen molar-refractivity contribution in [1.29, 1.82) is 0 Å². The van der Waals surface area contributed by atoms with E-state index in [0.29, 0.717) is 55.4 Å². The fraction of sp³-hybridized carbons (Fsp3) is 0.417. The molecule has 0 saturated carbocycles. The number of sulfonamides is 1. The van der Waals surface area contributed by atoms with Gasteiger partial charge in [-0.1, -0.05) is 41.2 Å². The van der Waals surface area contributed by atoms with Crippen molar-refractivity contribution in [3.8, 4) is 0 Å². The first-order valence-electron chi connectivity index (χ1n) is 11.2. The van der Waals surface area contributed by atoms with Crippen molar-refractivity contribution in [3.63, 3.8) is 0 Å². The van der Waals surface area contributed by atoms with Crippen LogP contribution in [0.4, 0.5) is 0 Å². The normalized spacial score (nSPS) is 16.5. The van der Waals surface area contributed by atoms with Crippen LogP contribution in [0.2, 0.25) is 0 Å². The number of para-hydroxylation sites is 1. The van der Waals surface area contributed by atoms with E-state index in [4.69, 9.17) is 4.74 Å². The van der Waals surface area contributed by atoms with Crippen LogP contribution in [0.1, 0.15) is 25.3 Å². The molecular weight excluding hydrogens is 458 g/mol. The summed E-state index contributed by atoms with van der Waals surface area (Å²) >= 11 is 1.49. The summed E-state index contributed by atoms with van der Waals surface area (Å²) in [6.07, 6.45) is 0.939. The second kappa shape index (κ2) is 10.3. The van der Waals surface area contributed by atoms with Gasteiger partial charge in [-0.25, -0.2) is 8.42 Å². The summed E-state index contributed by atoms with van der Waals surface area (Å²) in [6.45, 7) is 6.33. The van der Waals surface area contributed by atoms with E-state index < -0.39 is 10.0 Å². The van der Waals surface area contributed by atoms with E-state index in [1.165, 1.54) is 15.6 Å². The van der Waals surface area contributed by atoms with Crippen LogP contribution in [-0.4, -0.2) is 49.5 Å². The van der Waals surface area contributed by atoms with Crippen molar-refractivity contribution >= 4 is 37.5 Å². The Morgan fingerprint density at radius 2 is 1.82 bits per heavy atom. The lowest BCUT2D eigenvalue weighted by Gasteiger charge is -2.29. The number of ether oxygens (including phenoxy) is 1. The Labute approximate surface area is 198 Å². The van der Waals surface area contributed by atoms with Crippen molar-refractivity contribution in [3.05, 3.63) is 58.9 Å². The molecule has 0 aliphatic carbocycles. The number of piperidine rings is 1. The highest BCUT2D eigenvalue weighted by Gasteiger charge is 2.32. The largest absolute Gasteiger partial charge is 0.380 e. The predicted octanol–water partition coefficient (Wildman–Crippen LogP) is 3.58. The quantitative estimate of drug-likeness (QED) is 0.477. The average Bonchev–Trinajstić information content (AvgIpc) is 3.16. The number of fused-ring (bicyclic) bond motifs is 1. The average molecular weight is 488 g/mol. The molecule has 1 amide bonds. The van der Waals surface area contributed by atoms with Gasteiger partial charge in [0.15, 0.2) is 4.80 Å². The maximum absolute atomic E-state index is 13.0. The minimum absolute atomic E-state index is 0.181. The van der Waals surface area contributed by atoms with Crippen LogP contribution in [0.15, 0.2) is 58.4 Å². The molecule has 1 saturated heterocycles. The Balaban J connectivity index is 1.49. The summed E-state index contributed by atoms with van der Waals surface area (Å²) in [4.78, 5) is 18.4.